The van der Waals surface area contributed by atoms with Crippen LogP contribution in [-0.4, -0.2) is 81.8 Å². The van der Waals surface area contributed by atoms with Gasteiger partial charge in [0.1, 0.15) is 41.5 Å². The van der Waals surface area contributed by atoms with Crippen molar-refractivity contribution < 1.29 is 71.1 Å². The molecule has 0 spiro atoms. The smallest absolute Gasteiger partial charge is 0.419 e. The van der Waals surface area contributed by atoms with Crippen molar-refractivity contribution in [1.29, 1.82) is 10.5 Å². The van der Waals surface area contributed by atoms with Crippen LogP contribution in [0.15, 0.2) is 60.9 Å². The van der Waals surface area contributed by atoms with E-state index < -0.39 is 93.3 Å². The monoisotopic (exact) mass is 1130 g/mol. The molecule has 5 N–H and O–H groups in total. The number of nitriles is 2. The number of alkyl halides is 7. The fraction of sp³-hybridized carbons (Fsp3) is 0.250. The summed E-state index contributed by atoms with van der Waals surface area (Å²) in [5.41, 5.74) is -8.76. The standard InChI is InChI=1S/C20H14F4N4O3S.C19H12F4N4O3S.CH3I.ClH.H3NO/c1-19(2)17(31)27(11-5-13(20(22,23)24)15(7-25)26-8-11)18(32)28(19)10-3-4-12(14(21)6-10)16(30)9-29;1-18(2)16(30)26(10-5-12(19(21,22)23)14(7-24)25-8-10)17(31)27(18)9-3-4-11(15(28)29)13(20)6-9;1-2;;1-2/h3-6,8,29H,9H2,1-2H3;3-6,8H,1-2H3,(H,28,29);1H3;1H;2H,1H2/i;;1D;;. The predicted molar refractivity (Wildman–Crippen MR) is 246 cm³/mol. The van der Waals surface area contributed by atoms with Crippen LogP contribution in [0, 0.1) is 34.3 Å². The lowest BCUT2D eigenvalue weighted by Gasteiger charge is -2.29. The molecule has 68 heavy (non-hydrogen) atoms. The summed E-state index contributed by atoms with van der Waals surface area (Å²) < 4.78 is 115. The van der Waals surface area contributed by atoms with Crippen molar-refractivity contribution in [2.45, 2.75) is 51.1 Å². The highest BCUT2D eigenvalue weighted by Crippen LogP contribution is 2.41. The molecular formula is C40H33ClF8IN9O7S2. The first-order chi connectivity index (χ1) is 31.6. The number of carbonyl (C=O) groups excluding carboxylic acids is 3. The number of benzene rings is 2. The number of ketones is 1. The van der Waals surface area contributed by atoms with Crippen LogP contribution in [-0.2, 0) is 21.9 Å². The van der Waals surface area contributed by atoms with Gasteiger partial charge in [-0.1, -0.05) is 22.6 Å². The largest absolute Gasteiger partial charge is 0.478 e. The highest BCUT2D eigenvalue weighted by Gasteiger charge is 2.52. The highest BCUT2D eigenvalue weighted by atomic mass is 127. The van der Waals surface area contributed by atoms with Crippen LogP contribution in [0.1, 0.15) is 72.3 Å². The number of carboxylic acid groups (broad SMARTS) is 1. The van der Waals surface area contributed by atoms with Gasteiger partial charge in [0.15, 0.2) is 27.4 Å². The third-order valence-corrected chi connectivity index (χ3v) is 10.2. The van der Waals surface area contributed by atoms with Crippen molar-refractivity contribution >= 4 is 116 Å². The molecule has 362 valence electrons. The number of aromatic nitrogens is 2. The molecule has 4 aromatic rings. The van der Waals surface area contributed by atoms with E-state index in [1.807, 2.05) is 22.6 Å². The number of aliphatic hydroxyl groups is 1. The van der Waals surface area contributed by atoms with Gasteiger partial charge >= 0.3 is 18.3 Å². The Bertz CT molecular complexity index is 2780. The second-order valence-corrected chi connectivity index (χ2v) is 15.0. The number of aromatic carboxylic acids is 1. The van der Waals surface area contributed by atoms with Crippen molar-refractivity contribution in [3.8, 4) is 12.1 Å². The number of hydrogen-bond donors (Lipinski definition) is 4. The quantitative estimate of drug-likeness (QED) is 0.0346. The maximum absolute atomic E-state index is 14.4. The van der Waals surface area contributed by atoms with Gasteiger partial charge in [0.2, 0.25) is 0 Å². The van der Waals surface area contributed by atoms with Crippen LogP contribution in [0.5, 0.6) is 0 Å². The number of aliphatic hydroxyl groups excluding tert-OH is 1. The van der Waals surface area contributed by atoms with Crippen molar-refractivity contribution in [1.82, 2.24) is 9.97 Å². The van der Waals surface area contributed by atoms with Gasteiger partial charge in [0.05, 0.1) is 46.0 Å². The maximum Gasteiger partial charge on any atom is 0.419 e. The first-order valence-electron chi connectivity index (χ1n) is 18.7. The van der Waals surface area contributed by atoms with E-state index in [4.69, 9.17) is 51.8 Å². The minimum absolute atomic E-state index is 0. The molecule has 6 rings (SSSR count). The zero-order valence-electron chi connectivity index (χ0n) is 35.9. The maximum atomic E-state index is 14.4. The number of anilines is 4. The van der Waals surface area contributed by atoms with Crippen LogP contribution in [0.2, 0.25) is 0 Å². The van der Waals surface area contributed by atoms with E-state index in [2.05, 4.69) is 15.9 Å². The van der Waals surface area contributed by atoms with Crippen molar-refractivity contribution in [3.05, 3.63) is 106 Å². The molecule has 0 saturated carbocycles. The molecule has 2 aliphatic rings. The molecule has 0 bridgehead atoms. The average Bonchev–Trinajstić information content (AvgIpc) is 3.56. The van der Waals surface area contributed by atoms with E-state index in [0.717, 1.165) is 46.5 Å². The Hall–Kier alpha value is -6.08. The molecule has 2 fully saturated rings. The number of amides is 2. The van der Waals surface area contributed by atoms with Gasteiger partial charge < -0.3 is 25.2 Å². The fourth-order valence-corrected chi connectivity index (χ4v) is 7.49. The normalized spacial score (nSPS) is 15.1. The lowest BCUT2D eigenvalue weighted by molar-refractivity contribution is -0.138. The number of rotatable bonds is 7. The summed E-state index contributed by atoms with van der Waals surface area (Å²) in [5.74, 6) is -2.32. The summed E-state index contributed by atoms with van der Waals surface area (Å²) in [5, 5.41) is 41.7. The number of carboxylic acids is 1. The molecule has 2 amide bonds. The average molecular weight is 1130 g/mol. The number of thiocarbonyl (C=S) groups is 2. The number of nitrogens with two attached hydrogens (primary N) is 1. The molecule has 2 aromatic carbocycles. The minimum atomic E-state index is -4.90. The molecule has 0 atom stereocenters. The Morgan fingerprint density at radius 3 is 1.37 bits per heavy atom. The van der Waals surface area contributed by atoms with Crippen LogP contribution in [0.4, 0.5) is 57.9 Å². The zero-order valence-corrected chi connectivity index (χ0v) is 39.6. The van der Waals surface area contributed by atoms with Gasteiger partial charge in [-0.2, -0.15) is 36.9 Å². The molecule has 0 aliphatic carbocycles. The highest BCUT2D eigenvalue weighted by molar-refractivity contribution is 14.1. The van der Waals surface area contributed by atoms with E-state index in [1.54, 1.807) is 0 Å². The lowest BCUT2D eigenvalue weighted by Crippen LogP contribution is -2.44. The molecule has 16 nitrogen and oxygen atoms in total. The number of hydrogen-bond acceptors (Lipinski definition) is 13. The van der Waals surface area contributed by atoms with Crippen molar-refractivity contribution in [2.24, 2.45) is 5.90 Å². The second-order valence-electron chi connectivity index (χ2n) is 14.2. The first kappa shape index (κ1) is 56.2. The molecular weight excluding hydrogens is 1100 g/mol. The van der Waals surface area contributed by atoms with Crippen LogP contribution >= 0.6 is 59.4 Å². The molecule has 2 saturated heterocycles. The Morgan fingerprint density at radius 1 is 0.750 bits per heavy atom. The van der Waals surface area contributed by atoms with E-state index in [0.29, 0.717) is 17.0 Å². The molecule has 2 aliphatic heterocycles. The zero-order chi connectivity index (χ0) is 52.0. The number of nitrogens with zero attached hydrogens (tertiary/aromatic N) is 8. The summed E-state index contributed by atoms with van der Waals surface area (Å²) in [7, 11) is 0. The summed E-state index contributed by atoms with van der Waals surface area (Å²) in [4.78, 5) is 60.3. The third-order valence-electron chi connectivity index (χ3n) is 9.52. The van der Waals surface area contributed by atoms with E-state index in [9.17, 15) is 54.3 Å². The summed E-state index contributed by atoms with van der Waals surface area (Å²) in [6.45, 7) is 4.82. The van der Waals surface area contributed by atoms with E-state index >= 15 is 0 Å². The van der Waals surface area contributed by atoms with Gasteiger partial charge in [0, 0.05) is 12.7 Å². The van der Waals surface area contributed by atoms with Crippen molar-refractivity contribution in [2.75, 3.05) is 31.1 Å². The van der Waals surface area contributed by atoms with Gasteiger partial charge in [-0.15, -0.1) is 12.4 Å². The Morgan fingerprint density at radius 2 is 1.09 bits per heavy atom. The Labute approximate surface area is 412 Å². The predicted octanol–water partition coefficient (Wildman–Crippen LogP) is 7.74. The van der Waals surface area contributed by atoms with E-state index in [1.165, 1.54) is 61.8 Å². The van der Waals surface area contributed by atoms with Crippen LogP contribution in [0.25, 0.3) is 0 Å². The van der Waals surface area contributed by atoms with Gasteiger partial charge in [-0.3, -0.25) is 24.2 Å². The Balaban J connectivity index is 0.000000428. The lowest BCUT2D eigenvalue weighted by atomic mass is 10.0. The third kappa shape index (κ3) is 11.3. The summed E-state index contributed by atoms with van der Waals surface area (Å²) in [6, 6.07) is 10.3. The van der Waals surface area contributed by atoms with Gasteiger partial charge in [0.25, 0.3) is 11.8 Å². The van der Waals surface area contributed by atoms with E-state index in [-0.39, 0.29) is 50.9 Å². The van der Waals surface area contributed by atoms with Gasteiger partial charge in [-0.05, 0) is 106 Å². The molecule has 0 unspecified atom stereocenters. The number of pyridine rings is 2. The SMILES string of the molecule is CC1(C)C(=O)N(c2cnc(C#N)c(C(F)(F)F)c2)C(=S)N1c1ccc(C(=O)CO)c(F)c1.CC1(C)C(=O)N(c2cnc(C#N)c(C(F)(F)F)c2)C(=S)N1c1ccc(C(=O)O)c(F)c1.Cl.NO.[2H]CI. The summed E-state index contributed by atoms with van der Waals surface area (Å²) in [6.07, 6.45) is -7.97. The Kier molecular flexibility index (Phi) is 18.5. The molecule has 28 heteroatoms. The summed E-state index contributed by atoms with van der Waals surface area (Å²) >= 11 is 12.6. The van der Waals surface area contributed by atoms with Crippen molar-refractivity contribution in [3.63, 3.8) is 0 Å². The molecule has 4 heterocycles. The fourth-order valence-electron chi connectivity index (χ4n) is 6.45. The number of Topliss-reactive ketones (excluding diaryl/α,β-unsaturated/α-hetero) is 1. The van der Waals surface area contributed by atoms with Gasteiger partial charge in [-0.25, -0.2) is 29.4 Å². The van der Waals surface area contributed by atoms with Crippen LogP contribution < -0.4 is 25.5 Å². The molecule has 2 aromatic heterocycles. The number of halogens is 10. The topological polar surface area (TPSA) is 241 Å². The van der Waals surface area contributed by atoms with Crippen LogP contribution in [0.3, 0.4) is 0 Å². The minimum Gasteiger partial charge on any atom is -0.478 e. The second kappa shape index (κ2) is 22.4. The molecule has 0 radical (unpaired) electrons. The number of carbonyl (C=O) groups is 4. The first-order valence-corrected chi connectivity index (χ1v) is 20.3.